The number of aromatic nitrogens is 1. The minimum absolute atomic E-state index is 0.0427. The van der Waals surface area contributed by atoms with Crippen molar-refractivity contribution in [3.05, 3.63) is 64.9 Å². The number of anilines is 1. The van der Waals surface area contributed by atoms with Crippen molar-refractivity contribution in [3.8, 4) is 22.8 Å². The molecule has 0 aliphatic heterocycles. The number of aromatic amines is 1. The minimum Gasteiger partial charge on any atom is -0.454 e. The molecule has 6 nitrogen and oxygen atoms in total. The molecule has 1 aromatic heterocycles. The number of ether oxygens (including phenoxy) is 1. The fourth-order valence-corrected chi connectivity index (χ4v) is 4.52. The van der Waals surface area contributed by atoms with Crippen LogP contribution in [0.3, 0.4) is 0 Å². The number of hydrogen-bond donors (Lipinski definition) is 2. The van der Waals surface area contributed by atoms with Crippen molar-refractivity contribution in [2.75, 3.05) is 10.5 Å². The molecule has 1 heterocycles. The van der Waals surface area contributed by atoms with Gasteiger partial charge in [-0.05, 0) is 62.6 Å². The van der Waals surface area contributed by atoms with Crippen LogP contribution >= 0.6 is 0 Å². The van der Waals surface area contributed by atoms with Gasteiger partial charge in [0.2, 0.25) is 10.0 Å². The third kappa shape index (κ3) is 4.25. The smallest absolute Gasteiger partial charge is 0.232 e. The molecule has 32 heavy (non-hydrogen) atoms. The number of Topliss-reactive ketones (excluding diaryl/α,β-unsaturated/α-hetero) is 1. The Morgan fingerprint density at radius 1 is 1.09 bits per heavy atom. The predicted octanol–water partition coefficient (Wildman–Crippen LogP) is 5.34. The first-order valence-electron chi connectivity index (χ1n) is 10.2. The van der Waals surface area contributed by atoms with Crippen LogP contribution in [0, 0.1) is 18.6 Å². The van der Waals surface area contributed by atoms with Gasteiger partial charge in [-0.15, -0.1) is 0 Å². The normalized spacial score (nSPS) is 13.7. The highest BCUT2D eigenvalue weighted by atomic mass is 32.2. The monoisotopic (exact) mass is 460 g/mol. The van der Waals surface area contributed by atoms with Crippen molar-refractivity contribution in [1.82, 2.24) is 4.98 Å². The number of halogens is 2. The average molecular weight is 461 g/mol. The van der Waals surface area contributed by atoms with Crippen molar-refractivity contribution in [2.45, 2.75) is 33.1 Å². The summed E-state index contributed by atoms with van der Waals surface area (Å²) in [4.78, 5) is 15.7. The molecule has 0 saturated heterocycles. The van der Waals surface area contributed by atoms with Gasteiger partial charge in [-0.2, -0.15) is 0 Å². The lowest BCUT2D eigenvalue weighted by Crippen LogP contribution is -2.14. The molecule has 4 rings (SSSR count). The van der Waals surface area contributed by atoms with Gasteiger partial charge in [-0.25, -0.2) is 17.2 Å². The van der Waals surface area contributed by atoms with Crippen molar-refractivity contribution in [3.63, 3.8) is 0 Å². The van der Waals surface area contributed by atoms with Gasteiger partial charge in [0, 0.05) is 35.0 Å². The Hall–Kier alpha value is -3.20. The summed E-state index contributed by atoms with van der Waals surface area (Å²) >= 11 is 0. The highest BCUT2D eigenvalue weighted by Gasteiger charge is 2.27. The number of H-pyrrole nitrogens is 1. The lowest BCUT2D eigenvalue weighted by atomic mass is 9.89. The summed E-state index contributed by atoms with van der Waals surface area (Å²) in [6, 6.07) is 7.58. The Morgan fingerprint density at radius 3 is 2.56 bits per heavy atom. The summed E-state index contributed by atoms with van der Waals surface area (Å²) in [6.45, 7) is 3.32. The van der Waals surface area contributed by atoms with Crippen LogP contribution in [-0.4, -0.2) is 24.9 Å². The van der Waals surface area contributed by atoms with E-state index >= 15 is 0 Å². The Balaban J connectivity index is 1.86. The second kappa shape index (κ2) is 8.38. The van der Waals surface area contributed by atoms with Crippen LogP contribution in [0.5, 0.6) is 11.5 Å². The molecule has 0 spiro atoms. The van der Waals surface area contributed by atoms with Crippen LogP contribution in [0.15, 0.2) is 36.4 Å². The van der Waals surface area contributed by atoms with E-state index < -0.39 is 21.7 Å². The first kappa shape index (κ1) is 22.0. The third-order valence-corrected chi connectivity index (χ3v) is 6.72. The van der Waals surface area contributed by atoms with E-state index in [9.17, 15) is 22.0 Å². The number of aryl methyl sites for hydroxylation is 1. The molecule has 0 atom stereocenters. The number of fused-ring (bicyclic) bond motifs is 1. The van der Waals surface area contributed by atoms with E-state index in [-0.39, 0.29) is 23.0 Å². The Labute approximate surface area is 184 Å². The average Bonchev–Trinajstić information content (AvgIpc) is 3.08. The highest BCUT2D eigenvalue weighted by molar-refractivity contribution is 7.92. The van der Waals surface area contributed by atoms with Crippen LogP contribution in [0.2, 0.25) is 0 Å². The minimum atomic E-state index is -3.53. The molecular weight excluding hydrogens is 438 g/mol. The summed E-state index contributed by atoms with van der Waals surface area (Å²) < 4.78 is 59.9. The van der Waals surface area contributed by atoms with E-state index in [1.165, 1.54) is 25.1 Å². The van der Waals surface area contributed by atoms with E-state index in [0.717, 1.165) is 17.7 Å². The van der Waals surface area contributed by atoms with E-state index in [2.05, 4.69) is 9.71 Å². The highest BCUT2D eigenvalue weighted by Crippen LogP contribution is 2.41. The van der Waals surface area contributed by atoms with Crippen LogP contribution in [0.1, 0.15) is 41.4 Å². The number of sulfonamides is 1. The van der Waals surface area contributed by atoms with Crippen molar-refractivity contribution in [2.24, 2.45) is 0 Å². The fraction of sp³-hybridized carbons (Fsp3) is 0.261. The van der Waals surface area contributed by atoms with Gasteiger partial charge >= 0.3 is 0 Å². The van der Waals surface area contributed by atoms with Crippen LogP contribution in [0.4, 0.5) is 14.5 Å². The number of rotatable bonds is 6. The van der Waals surface area contributed by atoms with Gasteiger partial charge in [-0.1, -0.05) is 0 Å². The quantitative estimate of drug-likeness (QED) is 0.520. The van der Waals surface area contributed by atoms with Gasteiger partial charge in [0.05, 0.1) is 11.4 Å². The fourth-order valence-electron chi connectivity index (χ4n) is 3.89. The first-order chi connectivity index (χ1) is 15.2. The zero-order valence-corrected chi connectivity index (χ0v) is 18.4. The number of carbonyl (C=O) groups is 1. The molecule has 0 radical (unpaired) electrons. The van der Waals surface area contributed by atoms with E-state index in [1.807, 2.05) is 0 Å². The van der Waals surface area contributed by atoms with Crippen molar-refractivity contribution in [1.29, 1.82) is 0 Å². The maximum absolute atomic E-state index is 14.2. The molecule has 0 unspecified atom stereocenters. The standard InChI is InChI=1S/C23H22F2N2O4S/c1-3-32(29,30)27-15-8-10-20(31-21-9-7-14(24)11-18(21)25)17(12-15)23-16-5-4-6-19(28)22(16)13(2)26-23/h7-12,26-27H,3-6H2,1-2H3. The molecule has 168 valence electrons. The number of carbonyl (C=O) groups excluding carboxylic acids is 1. The molecule has 0 fully saturated rings. The summed E-state index contributed by atoms with van der Waals surface area (Å²) in [6.07, 6.45) is 1.82. The van der Waals surface area contributed by atoms with E-state index in [1.54, 1.807) is 13.0 Å². The molecular formula is C23H22F2N2O4S. The van der Waals surface area contributed by atoms with Gasteiger partial charge in [-0.3, -0.25) is 9.52 Å². The van der Waals surface area contributed by atoms with Crippen molar-refractivity contribution >= 4 is 21.5 Å². The second-order valence-electron chi connectivity index (χ2n) is 7.65. The van der Waals surface area contributed by atoms with E-state index in [0.29, 0.717) is 47.5 Å². The van der Waals surface area contributed by atoms with Crippen molar-refractivity contribution < 1.29 is 26.7 Å². The molecule has 0 amide bonds. The number of benzene rings is 2. The zero-order valence-electron chi connectivity index (χ0n) is 17.6. The van der Waals surface area contributed by atoms with Gasteiger partial charge in [0.1, 0.15) is 11.6 Å². The second-order valence-corrected chi connectivity index (χ2v) is 9.66. The summed E-state index contributed by atoms with van der Waals surface area (Å²) in [5, 5.41) is 0. The van der Waals surface area contributed by atoms with Crippen LogP contribution in [0.25, 0.3) is 11.3 Å². The van der Waals surface area contributed by atoms with Gasteiger partial charge in [0.25, 0.3) is 0 Å². The number of hydrogen-bond acceptors (Lipinski definition) is 4. The molecule has 0 bridgehead atoms. The number of ketones is 1. The topological polar surface area (TPSA) is 88.3 Å². The zero-order chi connectivity index (χ0) is 23.0. The van der Waals surface area contributed by atoms with Crippen LogP contribution in [-0.2, 0) is 16.4 Å². The largest absolute Gasteiger partial charge is 0.454 e. The third-order valence-electron chi connectivity index (χ3n) is 5.42. The molecule has 3 aromatic rings. The van der Waals surface area contributed by atoms with Gasteiger partial charge < -0.3 is 9.72 Å². The summed E-state index contributed by atoms with van der Waals surface area (Å²) in [5.74, 6) is -1.60. The Bertz CT molecular complexity index is 1320. The summed E-state index contributed by atoms with van der Waals surface area (Å²) in [5.41, 5.74) is 3.53. The molecule has 1 aliphatic rings. The van der Waals surface area contributed by atoms with Crippen LogP contribution < -0.4 is 9.46 Å². The molecule has 9 heteroatoms. The van der Waals surface area contributed by atoms with E-state index in [4.69, 9.17) is 4.74 Å². The SMILES string of the molecule is CCS(=O)(=O)Nc1ccc(Oc2ccc(F)cc2F)c(-c2[nH]c(C)c3c2CCCC3=O)c1. The predicted molar refractivity (Wildman–Crippen MR) is 118 cm³/mol. The summed E-state index contributed by atoms with van der Waals surface area (Å²) in [7, 11) is -3.53. The Kier molecular flexibility index (Phi) is 5.77. The molecule has 0 saturated carbocycles. The first-order valence-corrected chi connectivity index (χ1v) is 11.9. The molecule has 1 aliphatic carbocycles. The Morgan fingerprint density at radius 2 is 1.84 bits per heavy atom. The maximum atomic E-state index is 14.2. The number of nitrogens with one attached hydrogen (secondary N) is 2. The lowest BCUT2D eigenvalue weighted by molar-refractivity contribution is 0.0972. The molecule has 2 aromatic carbocycles. The van der Waals surface area contributed by atoms with Gasteiger partial charge in [0.15, 0.2) is 17.3 Å². The maximum Gasteiger partial charge on any atom is 0.232 e. The lowest BCUT2D eigenvalue weighted by Gasteiger charge is -2.17. The molecule has 2 N–H and O–H groups in total.